The number of hydrogen-bond acceptors (Lipinski definition) is 7. The molecular weight excluding hydrogens is 669 g/mol. The zero-order valence-corrected chi connectivity index (χ0v) is 33.5. The third-order valence-corrected chi connectivity index (χ3v) is 12.9. The lowest BCUT2D eigenvalue weighted by atomic mass is 9.70. The van der Waals surface area contributed by atoms with Crippen molar-refractivity contribution in [2.24, 2.45) is 28.1 Å². The van der Waals surface area contributed by atoms with Crippen LogP contribution in [0.4, 0.5) is 4.79 Å². The lowest BCUT2D eigenvalue weighted by Gasteiger charge is -2.43. The van der Waals surface area contributed by atoms with Crippen LogP contribution in [-0.2, 0) is 30.5 Å². The van der Waals surface area contributed by atoms with Gasteiger partial charge in [-0.05, 0) is 60.2 Å². The van der Waals surface area contributed by atoms with E-state index in [1.165, 1.54) is 6.08 Å². The molecule has 7 atom stereocenters. The minimum absolute atomic E-state index is 0.0576. The summed E-state index contributed by atoms with van der Waals surface area (Å²) in [6, 6.07) is -3.60. The van der Waals surface area contributed by atoms with Crippen molar-refractivity contribution >= 4 is 40.9 Å². The first-order chi connectivity index (χ1) is 23.8. The van der Waals surface area contributed by atoms with Crippen LogP contribution in [0.2, 0.25) is 0 Å². The van der Waals surface area contributed by atoms with E-state index < -0.39 is 58.5 Å². The van der Waals surface area contributed by atoms with Crippen molar-refractivity contribution in [3.8, 4) is 0 Å². The molecule has 0 aromatic rings. The fourth-order valence-corrected chi connectivity index (χ4v) is 8.67. The summed E-state index contributed by atoms with van der Waals surface area (Å²) in [6.45, 7) is 18.9. The van der Waals surface area contributed by atoms with E-state index in [0.717, 1.165) is 51.4 Å². The summed E-state index contributed by atoms with van der Waals surface area (Å²) in [5.74, 6) is -2.28. The Bertz CT molecular complexity index is 1260. The van der Waals surface area contributed by atoms with Crippen molar-refractivity contribution in [2.75, 3.05) is 32.9 Å². The molecule has 1 aliphatic heterocycles. The van der Waals surface area contributed by atoms with E-state index in [9.17, 15) is 23.7 Å². The van der Waals surface area contributed by atoms with Crippen LogP contribution in [0.5, 0.6) is 0 Å². The van der Waals surface area contributed by atoms with E-state index in [0.29, 0.717) is 25.9 Å². The molecule has 5 amide bonds. The van der Waals surface area contributed by atoms with Gasteiger partial charge in [0.1, 0.15) is 18.3 Å². The normalized spacial score (nSPS) is 24.8. The second-order valence-electron chi connectivity index (χ2n) is 17.2. The van der Waals surface area contributed by atoms with Crippen LogP contribution >= 0.6 is 0 Å². The van der Waals surface area contributed by atoms with Gasteiger partial charge in [0.15, 0.2) is 0 Å². The van der Waals surface area contributed by atoms with Crippen LogP contribution in [-0.4, -0.2) is 100 Å². The monoisotopic (exact) mass is 734 g/mol. The maximum Gasteiger partial charge on any atom is 0.315 e. The molecule has 2 aliphatic carbocycles. The maximum atomic E-state index is 15.0. The largest absolute Gasteiger partial charge is 0.598 e. The van der Waals surface area contributed by atoms with Crippen LogP contribution in [0.25, 0.3) is 0 Å². The number of Topliss-reactive ketones (excluding diaryl/α,β-unsaturated/α-hetero) is 1. The Hall–Kier alpha value is -2.64. The molecule has 0 aromatic carbocycles. The van der Waals surface area contributed by atoms with Crippen LogP contribution in [0.3, 0.4) is 0 Å². The molecule has 290 valence electrons. The predicted molar refractivity (Wildman–Crippen MR) is 202 cm³/mol. The van der Waals surface area contributed by atoms with Gasteiger partial charge in [0.25, 0.3) is 5.91 Å². The second kappa shape index (κ2) is 17.9. The standard InChI is InChI=1S/C38H66N6O6S/c1-11-13-17-27(30(45)33(47)39-22-12-2)40-32(46)29-25-18-21-37(6,7)26(25)23-44(29)34(48)31(38(8)19-15-14-16-20-38)42-35(49)41-28(36(3,4)5)24-43(9)51(10)50/h12,25-29,31H,2,11,13-24H2,1,3-10H3,(H,39,47)(H,40,46)(H2,41,42,49)/t25-,26-,27?,28+,29-,31+,51?/m0/s1. The number of hydrogen-bond donors (Lipinski definition) is 4. The second-order valence-corrected chi connectivity index (χ2v) is 18.7. The van der Waals surface area contributed by atoms with Crippen molar-refractivity contribution in [3.05, 3.63) is 12.7 Å². The Morgan fingerprint density at radius 1 is 1.04 bits per heavy atom. The van der Waals surface area contributed by atoms with Crippen LogP contribution in [0.15, 0.2) is 12.7 Å². The van der Waals surface area contributed by atoms with E-state index in [2.05, 4.69) is 48.6 Å². The number of fused-ring (bicyclic) bond motifs is 1. The number of rotatable bonds is 16. The number of urea groups is 1. The average molecular weight is 735 g/mol. The van der Waals surface area contributed by atoms with Crippen LogP contribution in [0.1, 0.15) is 113 Å². The Morgan fingerprint density at radius 2 is 1.69 bits per heavy atom. The molecule has 0 aromatic heterocycles. The van der Waals surface area contributed by atoms with Gasteiger partial charge in [0.05, 0.1) is 18.6 Å². The number of amides is 5. The Balaban J connectivity index is 1.97. The molecule has 1 saturated heterocycles. The lowest BCUT2D eigenvalue weighted by Crippen LogP contribution is -2.63. The third kappa shape index (κ3) is 10.7. The van der Waals surface area contributed by atoms with Gasteiger partial charge in [-0.15, -0.1) is 10.9 Å². The summed E-state index contributed by atoms with van der Waals surface area (Å²) < 4.78 is 13.9. The summed E-state index contributed by atoms with van der Waals surface area (Å²) in [5, 5.41) is 11.6. The molecule has 0 spiro atoms. The Labute approximate surface area is 309 Å². The van der Waals surface area contributed by atoms with E-state index in [4.69, 9.17) is 0 Å². The molecule has 13 heteroatoms. The van der Waals surface area contributed by atoms with Crippen LogP contribution < -0.4 is 21.3 Å². The summed E-state index contributed by atoms with van der Waals surface area (Å²) in [4.78, 5) is 71.0. The molecule has 0 bridgehead atoms. The fourth-order valence-electron chi connectivity index (χ4n) is 8.31. The minimum atomic E-state index is -1.23. The first-order valence-corrected chi connectivity index (χ1v) is 20.4. The number of carbonyl (C=O) groups is 5. The van der Waals surface area contributed by atoms with Gasteiger partial charge >= 0.3 is 6.03 Å². The number of ketones is 1. The van der Waals surface area contributed by atoms with Crippen molar-refractivity contribution in [3.63, 3.8) is 0 Å². The topological polar surface area (TPSA) is 163 Å². The molecule has 3 rings (SSSR count). The zero-order valence-electron chi connectivity index (χ0n) is 32.7. The highest BCUT2D eigenvalue weighted by Crippen LogP contribution is 2.53. The van der Waals surface area contributed by atoms with Gasteiger partial charge in [-0.3, -0.25) is 19.2 Å². The van der Waals surface area contributed by atoms with Crippen molar-refractivity contribution in [1.29, 1.82) is 0 Å². The Morgan fingerprint density at radius 3 is 2.25 bits per heavy atom. The predicted octanol–water partition coefficient (Wildman–Crippen LogP) is 4.07. The summed E-state index contributed by atoms with van der Waals surface area (Å²) in [6.07, 6.45) is 10.9. The van der Waals surface area contributed by atoms with Gasteiger partial charge < -0.3 is 30.7 Å². The molecule has 51 heavy (non-hydrogen) atoms. The molecular formula is C38H66N6O6S. The molecule has 4 N–H and O–H groups in total. The zero-order chi connectivity index (χ0) is 38.3. The van der Waals surface area contributed by atoms with Crippen molar-refractivity contribution in [2.45, 2.75) is 137 Å². The number of likely N-dealkylation sites (tertiary alicyclic amines) is 1. The van der Waals surface area contributed by atoms with Crippen molar-refractivity contribution < 1.29 is 28.5 Å². The first kappa shape index (κ1) is 42.8. The van der Waals surface area contributed by atoms with Gasteiger partial charge in [-0.25, -0.2) is 4.79 Å². The van der Waals surface area contributed by atoms with E-state index in [-0.39, 0.29) is 41.2 Å². The average Bonchev–Trinajstić information content (AvgIpc) is 3.59. The number of carbonyl (C=O) groups excluding carboxylic acids is 5. The van der Waals surface area contributed by atoms with E-state index in [1.54, 1.807) is 22.5 Å². The quantitative estimate of drug-likeness (QED) is 0.106. The highest BCUT2D eigenvalue weighted by molar-refractivity contribution is 7.88. The SMILES string of the molecule is C=CCNC(=O)C(=O)C(CCCC)NC(=O)[C@@H]1[C@H]2CCC(C)(C)[C@H]2CN1C(=O)[C@@H](NC(=O)N[C@H](CN(C)[S+](C)[O-])C(C)(C)C)C1(C)CCCCC1. The fraction of sp³-hybridized carbons (Fsp3) is 0.816. The van der Waals surface area contributed by atoms with Gasteiger partial charge in [-0.1, -0.05) is 86.6 Å². The molecule has 2 unspecified atom stereocenters. The molecule has 3 aliphatic rings. The molecule has 3 fully saturated rings. The molecule has 0 radical (unpaired) electrons. The first-order valence-electron chi connectivity index (χ1n) is 18.9. The molecule has 2 saturated carbocycles. The summed E-state index contributed by atoms with van der Waals surface area (Å²) in [7, 11) is 1.74. The highest BCUT2D eigenvalue weighted by atomic mass is 32.2. The number of nitrogens with one attached hydrogen (secondary N) is 4. The van der Waals surface area contributed by atoms with E-state index >= 15 is 4.79 Å². The Kier molecular flexibility index (Phi) is 15.0. The third-order valence-electron chi connectivity index (χ3n) is 11.9. The molecule has 1 heterocycles. The number of likely N-dealkylation sites (N-methyl/N-ethyl adjacent to an activating group) is 1. The van der Waals surface area contributed by atoms with Crippen molar-refractivity contribution in [1.82, 2.24) is 30.5 Å². The minimum Gasteiger partial charge on any atom is -0.598 e. The number of nitrogens with zero attached hydrogens (tertiary/aromatic N) is 2. The lowest BCUT2D eigenvalue weighted by molar-refractivity contribution is -0.145. The van der Waals surface area contributed by atoms with E-state index in [1.807, 2.05) is 27.7 Å². The summed E-state index contributed by atoms with van der Waals surface area (Å²) >= 11 is -1.23. The smallest absolute Gasteiger partial charge is 0.315 e. The summed E-state index contributed by atoms with van der Waals surface area (Å²) in [5.41, 5.74) is -1.02. The number of unbranched alkanes of at least 4 members (excludes halogenated alkanes) is 1. The maximum absolute atomic E-state index is 15.0. The molecule has 12 nitrogen and oxygen atoms in total. The van der Waals surface area contributed by atoms with Gasteiger partial charge in [0.2, 0.25) is 17.6 Å². The van der Waals surface area contributed by atoms with Gasteiger partial charge in [-0.2, -0.15) is 0 Å². The highest BCUT2D eigenvalue weighted by Gasteiger charge is 2.58. The van der Waals surface area contributed by atoms with Gasteiger partial charge in [0, 0.05) is 31.5 Å². The van der Waals surface area contributed by atoms with Crippen LogP contribution in [0, 0.1) is 28.1 Å².